The molecule has 10 aromatic rings. The zero-order valence-corrected chi connectivity index (χ0v) is 31.7. The highest BCUT2D eigenvalue weighted by Crippen LogP contribution is 2.52. The molecule has 0 fully saturated rings. The number of benzene rings is 7. The van der Waals surface area contributed by atoms with Gasteiger partial charge in [-0.15, -0.1) is 0 Å². The molecule has 0 amide bonds. The molecule has 266 valence electrons. The van der Waals surface area contributed by atoms with Crippen molar-refractivity contribution in [2.24, 2.45) is 0 Å². The van der Waals surface area contributed by atoms with Gasteiger partial charge in [0.15, 0.2) is 11.6 Å². The summed E-state index contributed by atoms with van der Waals surface area (Å²) in [6.07, 6.45) is 0. The van der Waals surface area contributed by atoms with Gasteiger partial charge in [-0.1, -0.05) is 137 Å². The Kier molecular flexibility index (Phi) is 6.12. The molecule has 3 aromatic heterocycles. The van der Waals surface area contributed by atoms with Gasteiger partial charge in [-0.25, -0.2) is 4.98 Å². The second kappa shape index (κ2) is 10.9. The van der Waals surface area contributed by atoms with Gasteiger partial charge in [-0.05, 0) is 75.8 Å². The van der Waals surface area contributed by atoms with Crippen molar-refractivity contribution in [1.29, 1.82) is 0 Å². The smallest absolute Gasteiger partial charge is 0.238 e. The van der Waals surface area contributed by atoms with Gasteiger partial charge in [0.25, 0.3) is 0 Å². The number of rotatable bonds is 3. The molecule has 5 nitrogen and oxygen atoms in total. The first-order valence-corrected chi connectivity index (χ1v) is 19.5. The summed E-state index contributed by atoms with van der Waals surface area (Å²) in [6.45, 7) is 9.36. The summed E-state index contributed by atoms with van der Waals surface area (Å²) in [4.78, 5) is 16.0. The lowest BCUT2D eigenvalue weighted by Crippen LogP contribution is -2.26. The van der Waals surface area contributed by atoms with Crippen molar-refractivity contribution in [3.63, 3.8) is 0 Å². The quantitative estimate of drug-likeness (QED) is 0.183. The van der Waals surface area contributed by atoms with Crippen molar-refractivity contribution in [2.75, 3.05) is 0 Å². The number of fused-ring (bicyclic) bond motifs is 11. The molecule has 12 rings (SSSR count). The van der Waals surface area contributed by atoms with Crippen LogP contribution in [0.4, 0.5) is 0 Å². The van der Waals surface area contributed by atoms with E-state index in [9.17, 15) is 0 Å². The standard InChI is InChI=1S/C51H37N5/c1-50(2)38-21-11-8-18-32(38)35-28-36-33-19-9-14-24-43(33)56(45(36)29-40(35)50)49-53-47(30-16-6-5-7-17-30)52-48(54-49)31-26-37-34-20-10-13-23-42(34)55-44-25-15-12-22-39(44)51(3,4)41(27-31)46(37)55/h5-29H,1-4H3. The molecule has 0 saturated heterocycles. The lowest BCUT2D eigenvalue weighted by molar-refractivity contribution is 0.630. The lowest BCUT2D eigenvalue weighted by atomic mass is 9.74. The van der Waals surface area contributed by atoms with E-state index in [1.54, 1.807) is 0 Å². The van der Waals surface area contributed by atoms with Crippen molar-refractivity contribution < 1.29 is 0 Å². The predicted octanol–water partition coefficient (Wildman–Crippen LogP) is 12.3. The topological polar surface area (TPSA) is 48.5 Å². The molecule has 4 heterocycles. The molecule has 2 aliphatic rings. The maximum atomic E-state index is 5.45. The van der Waals surface area contributed by atoms with E-state index in [0.717, 1.165) is 22.2 Å². The summed E-state index contributed by atoms with van der Waals surface area (Å²) in [5.74, 6) is 1.90. The first-order valence-electron chi connectivity index (χ1n) is 19.5. The maximum absolute atomic E-state index is 5.45. The van der Waals surface area contributed by atoms with Crippen molar-refractivity contribution in [3.05, 3.63) is 174 Å². The first kappa shape index (κ1) is 31.5. The molecule has 0 radical (unpaired) electrons. The lowest BCUT2D eigenvalue weighted by Gasteiger charge is -2.35. The number of hydrogen-bond acceptors (Lipinski definition) is 3. The zero-order chi connectivity index (χ0) is 37.5. The van der Waals surface area contributed by atoms with Crippen LogP contribution in [-0.4, -0.2) is 24.1 Å². The summed E-state index contributed by atoms with van der Waals surface area (Å²) in [7, 11) is 0. The Morgan fingerprint density at radius 3 is 1.79 bits per heavy atom. The van der Waals surface area contributed by atoms with Gasteiger partial charge < -0.3 is 4.57 Å². The molecular weight excluding hydrogens is 683 g/mol. The third kappa shape index (κ3) is 4.07. The molecule has 0 atom stereocenters. The second-order valence-corrected chi connectivity index (χ2v) is 16.5. The van der Waals surface area contributed by atoms with Crippen LogP contribution >= 0.6 is 0 Å². The Labute approximate surface area is 324 Å². The molecule has 0 saturated carbocycles. The van der Waals surface area contributed by atoms with Crippen molar-refractivity contribution >= 4 is 43.6 Å². The van der Waals surface area contributed by atoms with Crippen LogP contribution < -0.4 is 0 Å². The Morgan fingerprint density at radius 2 is 1.00 bits per heavy atom. The van der Waals surface area contributed by atoms with Gasteiger partial charge in [-0.2, -0.15) is 9.97 Å². The van der Waals surface area contributed by atoms with Crippen LogP contribution in [-0.2, 0) is 10.8 Å². The molecule has 0 N–H and O–H groups in total. The molecule has 1 aliphatic heterocycles. The number of para-hydroxylation sites is 3. The van der Waals surface area contributed by atoms with E-state index in [0.29, 0.717) is 17.6 Å². The maximum Gasteiger partial charge on any atom is 0.238 e. The monoisotopic (exact) mass is 719 g/mol. The molecule has 7 aromatic carbocycles. The Bertz CT molecular complexity index is 3310. The fraction of sp³-hybridized carbons (Fsp3) is 0.118. The van der Waals surface area contributed by atoms with E-state index in [1.165, 1.54) is 71.6 Å². The highest BCUT2D eigenvalue weighted by atomic mass is 15.2. The molecule has 0 bridgehead atoms. The summed E-state index contributed by atoms with van der Waals surface area (Å²) in [6, 6.07) is 54.8. The van der Waals surface area contributed by atoms with Gasteiger partial charge in [0.1, 0.15) is 0 Å². The van der Waals surface area contributed by atoms with Crippen molar-refractivity contribution in [3.8, 4) is 45.5 Å². The largest absolute Gasteiger partial charge is 0.309 e. The average molecular weight is 720 g/mol. The van der Waals surface area contributed by atoms with E-state index >= 15 is 0 Å². The van der Waals surface area contributed by atoms with Crippen LogP contribution in [0.2, 0.25) is 0 Å². The van der Waals surface area contributed by atoms with E-state index in [4.69, 9.17) is 15.0 Å². The van der Waals surface area contributed by atoms with Crippen LogP contribution in [0.15, 0.2) is 152 Å². The van der Waals surface area contributed by atoms with Gasteiger partial charge in [0, 0.05) is 43.5 Å². The normalized spacial score (nSPS) is 14.7. The van der Waals surface area contributed by atoms with Crippen molar-refractivity contribution in [1.82, 2.24) is 24.1 Å². The fourth-order valence-electron chi connectivity index (χ4n) is 9.98. The molecule has 0 unspecified atom stereocenters. The third-order valence-electron chi connectivity index (χ3n) is 12.7. The SMILES string of the molecule is CC1(C)c2ccccc2-c2cc3c4ccccc4n(-c4nc(-c5ccccc5)nc(-c5cc6c7c(c5)c5ccccc5n7-c5ccccc5C6(C)C)n4)c3cc21. The molecule has 1 aliphatic carbocycles. The van der Waals surface area contributed by atoms with E-state index in [2.05, 4.69) is 170 Å². The molecule has 5 heteroatoms. The van der Waals surface area contributed by atoms with Gasteiger partial charge in [-0.3, -0.25) is 4.57 Å². The number of nitrogens with zero attached hydrogens (tertiary/aromatic N) is 5. The average Bonchev–Trinajstić information content (AvgIpc) is 3.82. The van der Waals surface area contributed by atoms with E-state index in [1.807, 2.05) is 18.2 Å². The van der Waals surface area contributed by atoms with E-state index in [-0.39, 0.29) is 10.8 Å². The van der Waals surface area contributed by atoms with Crippen molar-refractivity contribution in [2.45, 2.75) is 38.5 Å². The fourth-order valence-corrected chi connectivity index (χ4v) is 9.98. The number of hydrogen-bond donors (Lipinski definition) is 0. The summed E-state index contributed by atoms with van der Waals surface area (Å²) in [5, 5.41) is 4.78. The zero-order valence-electron chi connectivity index (χ0n) is 31.7. The molecule has 0 spiro atoms. The van der Waals surface area contributed by atoms with Crippen LogP contribution in [0.1, 0.15) is 49.9 Å². The second-order valence-electron chi connectivity index (χ2n) is 16.5. The van der Waals surface area contributed by atoms with Crippen LogP contribution in [0.5, 0.6) is 0 Å². The minimum atomic E-state index is -0.259. The highest BCUT2D eigenvalue weighted by Gasteiger charge is 2.37. The third-order valence-corrected chi connectivity index (χ3v) is 12.7. The minimum absolute atomic E-state index is 0.151. The van der Waals surface area contributed by atoms with Gasteiger partial charge in [0.2, 0.25) is 5.95 Å². The predicted molar refractivity (Wildman–Crippen MR) is 229 cm³/mol. The van der Waals surface area contributed by atoms with Gasteiger partial charge >= 0.3 is 0 Å². The highest BCUT2D eigenvalue weighted by molar-refractivity contribution is 6.13. The van der Waals surface area contributed by atoms with Crippen LogP contribution in [0.3, 0.4) is 0 Å². The number of aromatic nitrogens is 5. The summed E-state index contributed by atoms with van der Waals surface area (Å²) < 4.78 is 4.71. The summed E-state index contributed by atoms with van der Waals surface area (Å²) in [5.41, 5.74) is 15.2. The molecular formula is C51H37N5. The first-order chi connectivity index (χ1) is 27.3. The Balaban J connectivity index is 1.17. The molecule has 56 heavy (non-hydrogen) atoms. The van der Waals surface area contributed by atoms with Crippen LogP contribution in [0.25, 0.3) is 89.2 Å². The Hall–Kier alpha value is -6.85. The van der Waals surface area contributed by atoms with Gasteiger partial charge in [0.05, 0.1) is 27.8 Å². The Morgan fingerprint density at radius 1 is 0.393 bits per heavy atom. The minimum Gasteiger partial charge on any atom is -0.309 e. The van der Waals surface area contributed by atoms with E-state index < -0.39 is 0 Å². The van der Waals surface area contributed by atoms with Crippen LogP contribution in [0, 0.1) is 0 Å². The summed E-state index contributed by atoms with van der Waals surface area (Å²) >= 11 is 0.